The zero-order valence-corrected chi connectivity index (χ0v) is 16.6. The Morgan fingerprint density at radius 3 is 2.59 bits per heavy atom. The van der Waals surface area contributed by atoms with E-state index in [-0.39, 0.29) is 11.2 Å². The van der Waals surface area contributed by atoms with Gasteiger partial charge in [-0.15, -0.1) is 10.2 Å². The highest BCUT2D eigenvalue weighted by molar-refractivity contribution is 8.00. The third-order valence-corrected chi connectivity index (χ3v) is 5.17. The van der Waals surface area contributed by atoms with Crippen LogP contribution in [0.5, 0.6) is 5.75 Å². The molecule has 0 fully saturated rings. The van der Waals surface area contributed by atoms with Crippen molar-refractivity contribution in [1.29, 1.82) is 0 Å². The molecule has 0 radical (unpaired) electrons. The smallest absolute Gasteiger partial charge is 0.238 e. The number of thioether (sulfide) groups is 1. The lowest BCUT2D eigenvalue weighted by molar-refractivity contribution is -0.115. The first-order valence-electron chi connectivity index (χ1n) is 8.11. The predicted molar refractivity (Wildman–Crippen MR) is 106 cm³/mol. The van der Waals surface area contributed by atoms with Crippen molar-refractivity contribution in [2.45, 2.75) is 17.3 Å². The Morgan fingerprint density at radius 2 is 1.96 bits per heavy atom. The minimum Gasteiger partial charge on any atom is -0.497 e. The minimum atomic E-state index is -0.380. The van der Waals surface area contributed by atoms with E-state index < -0.39 is 0 Å². The number of amides is 1. The molecule has 0 aliphatic rings. The second-order valence-electron chi connectivity index (χ2n) is 5.70. The van der Waals surface area contributed by atoms with Crippen molar-refractivity contribution in [2.75, 3.05) is 12.4 Å². The number of pyridine rings is 1. The molecule has 27 heavy (non-hydrogen) atoms. The van der Waals surface area contributed by atoms with Gasteiger partial charge in [-0.25, -0.2) is 4.98 Å². The lowest BCUT2D eigenvalue weighted by atomic mass is 10.2. The van der Waals surface area contributed by atoms with Crippen molar-refractivity contribution < 1.29 is 9.53 Å². The molecule has 1 unspecified atom stereocenters. The lowest BCUT2D eigenvalue weighted by Gasteiger charge is -2.11. The number of nitrogens with one attached hydrogen (secondary N) is 1. The fourth-order valence-corrected chi connectivity index (χ4v) is 3.22. The molecule has 140 valence electrons. The second kappa shape index (κ2) is 8.41. The average Bonchev–Trinajstić information content (AvgIpc) is 3.04. The van der Waals surface area contributed by atoms with Crippen molar-refractivity contribution in [3.8, 4) is 17.1 Å². The minimum absolute atomic E-state index is 0.177. The Bertz CT molecular complexity index is 928. The number of hydrogen-bond acceptors (Lipinski definition) is 6. The van der Waals surface area contributed by atoms with Gasteiger partial charge in [0.15, 0.2) is 11.0 Å². The molecule has 0 saturated carbocycles. The van der Waals surface area contributed by atoms with Gasteiger partial charge in [0.1, 0.15) is 11.6 Å². The monoisotopic (exact) mass is 403 g/mol. The summed E-state index contributed by atoms with van der Waals surface area (Å²) in [5.74, 6) is 1.77. The highest BCUT2D eigenvalue weighted by atomic mass is 35.5. The van der Waals surface area contributed by atoms with Crippen molar-refractivity contribution in [1.82, 2.24) is 19.7 Å². The maximum Gasteiger partial charge on any atom is 0.238 e. The van der Waals surface area contributed by atoms with E-state index in [9.17, 15) is 4.79 Å². The van der Waals surface area contributed by atoms with E-state index in [1.807, 2.05) is 35.9 Å². The number of ether oxygens (including phenoxy) is 1. The molecule has 7 nitrogen and oxygen atoms in total. The summed E-state index contributed by atoms with van der Waals surface area (Å²) in [4.78, 5) is 16.5. The molecule has 1 N–H and O–H groups in total. The number of aromatic nitrogens is 4. The van der Waals surface area contributed by atoms with Crippen molar-refractivity contribution in [3.63, 3.8) is 0 Å². The van der Waals surface area contributed by atoms with Crippen LogP contribution in [0.4, 0.5) is 5.82 Å². The van der Waals surface area contributed by atoms with Crippen LogP contribution in [-0.4, -0.2) is 38.0 Å². The van der Waals surface area contributed by atoms with Crippen LogP contribution < -0.4 is 10.1 Å². The van der Waals surface area contributed by atoms with E-state index in [4.69, 9.17) is 16.3 Å². The van der Waals surface area contributed by atoms with Gasteiger partial charge in [0.25, 0.3) is 0 Å². The van der Waals surface area contributed by atoms with Gasteiger partial charge in [0.05, 0.1) is 17.4 Å². The molecule has 1 atom stereocenters. The molecule has 0 aliphatic heterocycles. The molecule has 0 bridgehead atoms. The molecule has 3 aromatic rings. The molecule has 0 aliphatic carbocycles. The number of halogens is 1. The molecule has 1 amide bonds. The molecule has 0 saturated heterocycles. The maximum atomic E-state index is 12.4. The summed E-state index contributed by atoms with van der Waals surface area (Å²) >= 11 is 7.12. The van der Waals surface area contributed by atoms with Crippen LogP contribution in [0.15, 0.2) is 47.8 Å². The third-order valence-electron chi connectivity index (χ3n) is 3.81. The van der Waals surface area contributed by atoms with E-state index in [0.29, 0.717) is 21.8 Å². The summed E-state index contributed by atoms with van der Waals surface area (Å²) in [6.45, 7) is 1.80. The molecule has 2 aromatic heterocycles. The Morgan fingerprint density at radius 1 is 1.22 bits per heavy atom. The van der Waals surface area contributed by atoms with Gasteiger partial charge in [-0.05, 0) is 43.3 Å². The molecule has 0 spiro atoms. The number of rotatable bonds is 6. The number of carbonyl (C=O) groups is 1. The number of hydrogen-bond donors (Lipinski definition) is 1. The Labute approximate surface area is 166 Å². The SMILES string of the molecule is COc1ccc(-c2nnc(SC(C)C(=O)Nc3ccc(Cl)cn3)n2C)cc1. The van der Waals surface area contributed by atoms with Crippen LogP contribution in [0.3, 0.4) is 0 Å². The maximum absolute atomic E-state index is 12.4. The quantitative estimate of drug-likeness (QED) is 0.632. The third kappa shape index (κ3) is 4.58. The highest BCUT2D eigenvalue weighted by Gasteiger charge is 2.20. The van der Waals surface area contributed by atoms with Crippen molar-refractivity contribution in [2.24, 2.45) is 7.05 Å². The molecular formula is C18H18ClN5O2S. The first-order chi connectivity index (χ1) is 13.0. The molecule has 9 heteroatoms. The molecular weight excluding hydrogens is 386 g/mol. The molecule has 3 rings (SSSR count). The molecule has 1 aromatic carbocycles. The number of benzene rings is 1. The summed E-state index contributed by atoms with van der Waals surface area (Å²) in [6.07, 6.45) is 1.48. The van der Waals surface area contributed by atoms with Gasteiger partial charge in [-0.3, -0.25) is 4.79 Å². The van der Waals surface area contributed by atoms with Gasteiger partial charge in [-0.1, -0.05) is 23.4 Å². The van der Waals surface area contributed by atoms with Crippen LogP contribution >= 0.6 is 23.4 Å². The lowest BCUT2D eigenvalue weighted by Crippen LogP contribution is -2.23. The zero-order chi connectivity index (χ0) is 19.4. The Kier molecular flexibility index (Phi) is 5.98. The summed E-state index contributed by atoms with van der Waals surface area (Å²) in [5, 5.41) is 12.0. The topological polar surface area (TPSA) is 81.9 Å². The highest BCUT2D eigenvalue weighted by Crippen LogP contribution is 2.27. The predicted octanol–water partition coefficient (Wildman–Crippen LogP) is 3.66. The molecule has 2 heterocycles. The number of methoxy groups -OCH3 is 1. The fourth-order valence-electron chi connectivity index (χ4n) is 2.30. The second-order valence-corrected chi connectivity index (χ2v) is 7.45. The van der Waals surface area contributed by atoms with Crippen LogP contribution in [0.1, 0.15) is 6.92 Å². The van der Waals surface area contributed by atoms with Crippen LogP contribution in [0.25, 0.3) is 11.4 Å². The average molecular weight is 404 g/mol. The van der Waals surface area contributed by atoms with E-state index in [0.717, 1.165) is 11.3 Å². The van der Waals surface area contributed by atoms with Gasteiger partial charge in [0, 0.05) is 18.8 Å². The van der Waals surface area contributed by atoms with Crippen LogP contribution in [0, 0.1) is 0 Å². The number of nitrogens with zero attached hydrogens (tertiary/aromatic N) is 4. The first-order valence-corrected chi connectivity index (χ1v) is 9.36. The van der Waals surface area contributed by atoms with Crippen molar-refractivity contribution >= 4 is 35.1 Å². The van der Waals surface area contributed by atoms with E-state index in [2.05, 4.69) is 20.5 Å². The van der Waals surface area contributed by atoms with E-state index in [1.165, 1.54) is 18.0 Å². The van der Waals surface area contributed by atoms with Crippen LogP contribution in [-0.2, 0) is 11.8 Å². The summed E-state index contributed by atoms with van der Waals surface area (Å²) in [7, 11) is 3.49. The van der Waals surface area contributed by atoms with Gasteiger partial charge in [-0.2, -0.15) is 0 Å². The largest absolute Gasteiger partial charge is 0.497 e. The zero-order valence-electron chi connectivity index (χ0n) is 15.0. The van der Waals surface area contributed by atoms with E-state index >= 15 is 0 Å². The summed E-state index contributed by atoms with van der Waals surface area (Å²) < 4.78 is 7.03. The normalized spacial score (nSPS) is 11.9. The Hall–Kier alpha value is -2.58. The van der Waals surface area contributed by atoms with Crippen molar-refractivity contribution in [3.05, 3.63) is 47.6 Å². The Balaban J connectivity index is 1.68. The number of carbonyl (C=O) groups excluding carboxylic acids is 1. The van der Waals surface area contributed by atoms with Gasteiger partial charge < -0.3 is 14.6 Å². The standard InChI is InChI=1S/C18H18ClN5O2S/c1-11(17(25)21-15-9-6-13(19)10-20-15)27-18-23-22-16(24(18)2)12-4-7-14(26-3)8-5-12/h4-11H,1-3H3,(H,20,21,25). The summed E-state index contributed by atoms with van der Waals surface area (Å²) in [5.41, 5.74) is 0.917. The summed E-state index contributed by atoms with van der Waals surface area (Å²) in [6, 6.07) is 10.9. The van der Waals surface area contributed by atoms with Gasteiger partial charge >= 0.3 is 0 Å². The first kappa shape index (κ1) is 19.2. The van der Waals surface area contributed by atoms with Crippen LogP contribution in [0.2, 0.25) is 5.02 Å². The van der Waals surface area contributed by atoms with E-state index in [1.54, 1.807) is 26.2 Å². The van der Waals surface area contributed by atoms with Gasteiger partial charge in [0.2, 0.25) is 5.91 Å². The number of anilines is 1. The fraction of sp³-hybridized carbons (Fsp3) is 0.222.